The zero-order valence-corrected chi connectivity index (χ0v) is 18.8. The van der Waals surface area contributed by atoms with Crippen LogP contribution in [-0.4, -0.2) is 47.5 Å². The third kappa shape index (κ3) is 8.70. The van der Waals surface area contributed by atoms with Crippen LogP contribution in [0.3, 0.4) is 0 Å². The smallest absolute Gasteiger partial charge is 0.191 e. The van der Waals surface area contributed by atoms with Crippen LogP contribution in [0.5, 0.6) is 0 Å². The maximum Gasteiger partial charge on any atom is 0.191 e. The van der Waals surface area contributed by atoms with Crippen molar-refractivity contribution in [2.24, 2.45) is 4.99 Å². The van der Waals surface area contributed by atoms with E-state index in [-0.39, 0.29) is 24.0 Å². The summed E-state index contributed by atoms with van der Waals surface area (Å²) in [4.78, 5) is 4.70. The van der Waals surface area contributed by atoms with Crippen molar-refractivity contribution in [3.05, 3.63) is 47.5 Å². The molecule has 0 unspecified atom stereocenters. The number of methoxy groups -OCH3 is 1. The number of guanidine groups is 1. The van der Waals surface area contributed by atoms with Crippen molar-refractivity contribution in [2.45, 2.75) is 39.8 Å². The van der Waals surface area contributed by atoms with Gasteiger partial charge in [0.2, 0.25) is 0 Å². The monoisotopic (exact) mass is 486 g/mol. The highest BCUT2D eigenvalue weighted by atomic mass is 127. The van der Waals surface area contributed by atoms with E-state index in [1.54, 1.807) is 13.4 Å². The molecule has 0 saturated heterocycles. The second-order valence-corrected chi connectivity index (χ2v) is 6.14. The molecule has 0 fully saturated rings. The van der Waals surface area contributed by atoms with Gasteiger partial charge in [0.15, 0.2) is 5.96 Å². The van der Waals surface area contributed by atoms with Crippen molar-refractivity contribution in [3.8, 4) is 0 Å². The molecule has 2 rings (SSSR count). The van der Waals surface area contributed by atoms with Gasteiger partial charge in [-0.3, -0.25) is 0 Å². The second kappa shape index (κ2) is 13.5. The predicted molar refractivity (Wildman–Crippen MR) is 120 cm³/mol. The first kappa shape index (κ1) is 23.4. The fourth-order valence-corrected chi connectivity index (χ4v) is 2.50. The van der Waals surface area contributed by atoms with Gasteiger partial charge in [0, 0.05) is 39.8 Å². The number of hydrogen-bond donors (Lipinski definition) is 2. The summed E-state index contributed by atoms with van der Waals surface area (Å²) in [6.45, 7) is 7.94. The van der Waals surface area contributed by atoms with Crippen LogP contribution >= 0.6 is 24.0 Å². The Bertz CT molecular complexity index is 671. The van der Waals surface area contributed by atoms with Gasteiger partial charge < -0.3 is 19.9 Å². The summed E-state index contributed by atoms with van der Waals surface area (Å²) in [5.41, 5.74) is 2.45. The molecule has 2 aromatic rings. The number of aryl methyl sites for hydroxylation is 2. The van der Waals surface area contributed by atoms with Crippen molar-refractivity contribution in [3.63, 3.8) is 0 Å². The topological polar surface area (TPSA) is 76.4 Å². The van der Waals surface area contributed by atoms with Crippen LogP contribution in [0, 0.1) is 6.92 Å². The number of nitrogens with zero attached hydrogens (tertiary/aromatic N) is 4. The Morgan fingerprint density at radius 1 is 1.19 bits per heavy atom. The van der Waals surface area contributed by atoms with Gasteiger partial charge >= 0.3 is 0 Å². The molecule has 0 radical (unpaired) electrons. The summed E-state index contributed by atoms with van der Waals surface area (Å²) in [5, 5.41) is 14.8. The van der Waals surface area contributed by atoms with Crippen molar-refractivity contribution in [2.75, 3.05) is 26.8 Å². The summed E-state index contributed by atoms with van der Waals surface area (Å²) in [6, 6.07) is 8.46. The van der Waals surface area contributed by atoms with Gasteiger partial charge in [-0.25, -0.2) is 4.99 Å². The Morgan fingerprint density at radius 3 is 2.63 bits per heavy atom. The van der Waals surface area contributed by atoms with Gasteiger partial charge in [-0.1, -0.05) is 36.8 Å². The molecule has 2 N–H and O–H groups in total. The molecule has 0 bridgehead atoms. The van der Waals surface area contributed by atoms with E-state index in [4.69, 9.17) is 9.73 Å². The van der Waals surface area contributed by atoms with Gasteiger partial charge in [0.25, 0.3) is 0 Å². The normalized spacial score (nSPS) is 11.1. The molecule has 0 aliphatic rings. The molecule has 150 valence electrons. The van der Waals surface area contributed by atoms with Crippen LogP contribution < -0.4 is 10.6 Å². The van der Waals surface area contributed by atoms with Crippen LogP contribution in [0.25, 0.3) is 0 Å². The molecule has 0 aliphatic carbocycles. The van der Waals surface area contributed by atoms with Crippen LogP contribution in [0.4, 0.5) is 0 Å². The van der Waals surface area contributed by atoms with E-state index in [1.165, 1.54) is 11.1 Å². The average Bonchev–Trinajstić information content (AvgIpc) is 3.11. The van der Waals surface area contributed by atoms with E-state index in [1.807, 2.05) is 0 Å². The fourth-order valence-electron chi connectivity index (χ4n) is 2.50. The van der Waals surface area contributed by atoms with Crippen molar-refractivity contribution >= 4 is 29.9 Å². The zero-order valence-electron chi connectivity index (χ0n) is 16.4. The Labute approximate surface area is 179 Å². The van der Waals surface area contributed by atoms with E-state index in [9.17, 15) is 0 Å². The molecule has 1 aromatic carbocycles. The number of aliphatic imine (C=N–C) groups is 1. The first-order chi connectivity index (χ1) is 12.7. The summed E-state index contributed by atoms with van der Waals surface area (Å²) < 4.78 is 7.17. The molecule has 1 heterocycles. The lowest BCUT2D eigenvalue weighted by atomic mass is 10.1. The SMILES string of the molecule is CCc1nncn1CCNC(=NCc1ccc(C)cc1)NCCCOC.I. The predicted octanol–water partition coefficient (Wildman–Crippen LogP) is 2.54. The van der Waals surface area contributed by atoms with Crippen LogP contribution in [0.1, 0.15) is 30.3 Å². The Balaban J connectivity index is 0.00000364. The third-order valence-corrected chi connectivity index (χ3v) is 4.02. The Morgan fingerprint density at radius 2 is 1.93 bits per heavy atom. The summed E-state index contributed by atoms with van der Waals surface area (Å²) >= 11 is 0. The number of halogens is 1. The lowest BCUT2D eigenvalue weighted by molar-refractivity contribution is 0.195. The van der Waals surface area contributed by atoms with Gasteiger partial charge in [0.1, 0.15) is 12.2 Å². The van der Waals surface area contributed by atoms with Crippen LogP contribution in [0.2, 0.25) is 0 Å². The van der Waals surface area contributed by atoms with Crippen LogP contribution in [0.15, 0.2) is 35.6 Å². The molecule has 27 heavy (non-hydrogen) atoms. The summed E-state index contributed by atoms with van der Waals surface area (Å²) in [6.07, 6.45) is 3.59. The highest BCUT2D eigenvalue weighted by molar-refractivity contribution is 14.0. The fraction of sp³-hybridized carbons (Fsp3) is 0.526. The van der Waals surface area contributed by atoms with E-state index < -0.39 is 0 Å². The number of ether oxygens (including phenoxy) is 1. The Hall–Kier alpha value is -1.68. The standard InChI is InChI=1S/C19H30N6O.HI/c1-4-18-24-23-15-25(18)12-11-21-19(20-10-5-13-26-3)22-14-17-8-6-16(2)7-9-17;/h6-9,15H,4-5,10-14H2,1-3H3,(H2,20,21,22);1H. The lowest BCUT2D eigenvalue weighted by Crippen LogP contribution is -2.39. The first-order valence-electron chi connectivity index (χ1n) is 9.16. The van der Waals surface area contributed by atoms with E-state index in [0.717, 1.165) is 50.9 Å². The van der Waals surface area contributed by atoms with E-state index in [2.05, 4.69) is 63.5 Å². The molecular formula is C19H31IN6O. The molecule has 0 amide bonds. The maximum atomic E-state index is 5.10. The van der Waals surface area contributed by atoms with E-state index in [0.29, 0.717) is 6.54 Å². The highest BCUT2D eigenvalue weighted by Crippen LogP contribution is 2.04. The van der Waals surface area contributed by atoms with Gasteiger partial charge in [-0.2, -0.15) is 0 Å². The van der Waals surface area contributed by atoms with Crippen molar-refractivity contribution < 1.29 is 4.74 Å². The maximum absolute atomic E-state index is 5.10. The largest absolute Gasteiger partial charge is 0.385 e. The molecule has 0 atom stereocenters. The van der Waals surface area contributed by atoms with Gasteiger partial charge in [0.05, 0.1) is 6.54 Å². The average molecular weight is 486 g/mol. The van der Waals surface area contributed by atoms with Crippen molar-refractivity contribution in [1.29, 1.82) is 0 Å². The molecule has 1 aromatic heterocycles. The molecule has 0 aliphatic heterocycles. The number of rotatable bonds is 10. The molecule has 7 nitrogen and oxygen atoms in total. The quantitative estimate of drug-likeness (QED) is 0.234. The first-order valence-corrected chi connectivity index (χ1v) is 9.16. The minimum absolute atomic E-state index is 0. The second-order valence-electron chi connectivity index (χ2n) is 6.14. The van der Waals surface area contributed by atoms with Gasteiger partial charge in [-0.05, 0) is 18.9 Å². The molecule has 0 spiro atoms. The van der Waals surface area contributed by atoms with Gasteiger partial charge in [-0.15, -0.1) is 34.2 Å². The van der Waals surface area contributed by atoms with Crippen LogP contribution in [-0.2, 0) is 24.2 Å². The number of benzene rings is 1. The minimum Gasteiger partial charge on any atom is -0.385 e. The lowest BCUT2D eigenvalue weighted by Gasteiger charge is -2.13. The Kier molecular flexibility index (Phi) is 11.7. The number of nitrogens with one attached hydrogen (secondary N) is 2. The zero-order chi connectivity index (χ0) is 18.6. The van der Waals surface area contributed by atoms with Crippen molar-refractivity contribution in [1.82, 2.24) is 25.4 Å². The molecule has 8 heteroatoms. The number of aromatic nitrogens is 3. The summed E-state index contributed by atoms with van der Waals surface area (Å²) in [7, 11) is 1.72. The molecular weight excluding hydrogens is 455 g/mol. The highest BCUT2D eigenvalue weighted by Gasteiger charge is 2.03. The summed E-state index contributed by atoms with van der Waals surface area (Å²) in [5.74, 6) is 1.81. The van der Waals surface area contributed by atoms with E-state index >= 15 is 0 Å². The minimum atomic E-state index is 0. The molecule has 0 saturated carbocycles. The third-order valence-electron chi connectivity index (χ3n) is 4.02. The number of hydrogen-bond acceptors (Lipinski definition) is 4.